The molecule has 2 aromatic rings. The number of rotatable bonds is 1. The largest absolute Gasteiger partial charge is 0.326 e. The quantitative estimate of drug-likeness (QED) is 0.787. The Morgan fingerprint density at radius 3 is 2.68 bits per heavy atom. The van der Waals surface area contributed by atoms with Crippen LogP contribution in [0.25, 0.3) is 10.8 Å². The van der Waals surface area contributed by atoms with Crippen molar-refractivity contribution in [2.45, 2.75) is 43.7 Å². The van der Waals surface area contributed by atoms with Gasteiger partial charge in [0, 0.05) is 18.0 Å². The fourth-order valence-electron chi connectivity index (χ4n) is 4.46. The van der Waals surface area contributed by atoms with Crippen molar-refractivity contribution in [3.05, 3.63) is 59.7 Å². The summed E-state index contributed by atoms with van der Waals surface area (Å²) in [5.41, 5.74) is 15.9. The third-order valence-corrected chi connectivity index (χ3v) is 5.56. The van der Waals surface area contributed by atoms with Crippen LogP contribution in [0.15, 0.2) is 54.1 Å². The lowest BCUT2D eigenvalue weighted by Crippen LogP contribution is -2.51. The minimum Gasteiger partial charge on any atom is -0.326 e. The minimum absolute atomic E-state index is 0.0198. The Labute approximate surface area is 132 Å². The first-order valence-electron chi connectivity index (χ1n) is 8.44. The summed E-state index contributed by atoms with van der Waals surface area (Å²) in [7, 11) is 0. The van der Waals surface area contributed by atoms with E-state index in [1.54, 1.807) is 5.57 Å². The minimum atomic E-state index is 0.0198. The van der Waals surface area contributed by atoms with Gasteiger partial charge in [-0.25, -0.2) is 0 Å². The third kappa shape index (κ3) is 2.18. The van der Waals surface area contributed by atoms with Crippen LogP contribution in [0.4, 0.5) is 0 Å². The lowest BCUT2D eigenvalue weighted by molar-refractivity contribution is 0.306. The highest BCUT2D eigenvalue weighted by Gasteiger charge is 2.39. The van der Waals surface area contributed by atoms with E-state index in [-0.39, 0.29) is 18.0 Å². The van der Waals surface area contributed by atoms with Gasteiger partial charge in [-0.05, 0) is 47.9 Å². The normalized spacial score (nSPS) is 31.6. The Bertz CT molecular complexity index is 713. The topological polar surface area (TPSA) is 52.0 Å². The van der Waals surface area contributed by atoms with Gasteiger partial charge >= 0.3 is 0 Å². The summed E-state index contributed by atoms with van der Waals surface area (Å²) in [5, 5.41) is 2.61. The van der Waals surface area contributed by atoms with Gasteiger partial charge in [-0.2, -0.15) is 0 Å². The molecule has 0 radical (unpaired) electrons. The van der Waals surface area contributed by atoms with Crippen LogP contribution in [0.5, 0.6) is 0 Å². The lowest BCUT2D eigenvalue weighted by atomic mass is 9.65. The highest BCUT2D eigenvalue weighted by Crippen LogP contribution is 2.45. The predicted octanol–water partition coefficient (Wildman–Crippen LogP) is 3.71. The van der Waals surface area contributed by atoms with Crippen molar-refractivity contribution in [1.29, 1.82) is 0 Å². The predicted molar refractivity (Wildman–Crippen MR) is 92.7 cm³/mol. The Kier molecular flexibility index (Phi) is 3.51. The van der Waals surface area contributed by atoms with Crippen LogP contribution >= 0.6 is 0 Å². The summed E-state index contributed by atoms with van der Waals surface area (Å²) in [6.45, 7) is 0. The zero-order valence-corrected chi connectivity index (χ0v) is 12.9. The van der Waals surface area contributed by atoms with Crippen molar-refractivity contribution in [2.75, 3.05) is 0 Å². The molecule has 0 saturated heterocycles. The Morgan fingerprint density at radius 2 is 1.77 bits per heavy atom. The molecular weight excluding hydrogens is 268 g/mol. The number of hydrogen-bond acceptors (Lipinski definition) is 2. The van der Waals surface area contributed by atoms with E-state index < -0.39 is 0 Å². The molecule has 1 saturated carbocycles. The molecule has 4 rings (SSSR count). The molecule has 0 aliphatic heterocycles. The summed E-state index contributed by atoms with van der Waals surface area (Å²) in [6, 6.07) is 15.3. The third-order valence-electron chi connectivity index (χ3n) is 5.56. The van der Waals surface area contributed by atoms with Crippen LogP contribution in [0, 0.1) is 5.92 Å². The van der Waals surface area contributed by atoms with Gasteiger partial charge in [0.2, 0.25) is 0 Å². The summed E-state index contributed by atoms with van der Waals surface area (Å²) >= 11 is 0. The number of allylic oxidation sites excluding steroid dienone is 1. The molecule has 0 aromatic heterocycles. The average Bonchev–Trinajstić information content (AvgIpc) is 2.56. The second-order valence-electron chi connectivity index (χ2n) is 6.85. The molecule has 114 valence electrons. The van der Waals surface area contributed by atoms with E-state index in [0.717, 1.165) is 6.42 Å². The molecular formula is C20H24N2. The van der Waals surface area contributed by atoms with Crippen LogP contribution in [0.2, 0.25) is 0 Å². The number of nitrogens with two attached hydrogens (primary N) is 2. The van der Waals surface area contributed by atoms with Gasteiger partial charge < -0.3 is 11.5 Å². The second kappa shape index (κ2) is 5.53. The van der Waals surface area contributed by atoms with E-state index in [1.165, 1.54) is 35.6 Å². The SMILES string of the molecule is NC1CC2CCCC=C2C(c2cccc3ccccc23)C1N. The molecule has 2 aliphatic rings. The van der Waals surface area contributed by atoms with Crippen LogP contribution in [-0.4, -0.2) is 12.1 Å². The smallest absolute Gasteiger partial charge is 0.0300 e. The van der Waals surface area contributed by atoms with E-state index in [4.69, 9.17) is 11.5 Å². The van der Waals surface area contributed by atoms with Crippen molar-refractivity contribution in [3.8, 4) is 0 Å². The Hall–Kier alpha value is -1.64. The highest BCUT2D eigenvalue weighted by molar-refractivity contribution is 5.86. The van der Waals surface area contributed by atoms with Gasteiger partial charge in [0.15, 0.2) is 0 Å². The molecule has 2 aliphatic carbocycles. The highest BCUT2D eigenvalue weighted by atomic mass is 14.8. The Morgan fingerprint density at radius 1 is 0.955 bits per heavy atom. The van der Waals surface area contributed by atoms with Crippen molar-refractivity contribution in [3.63, 3.8) is 0 Å². The fourth-order valence-corrected chi connectivity index (χ4v) is 4.46. The summed E-state index contributed by atoms with van der Waals surface area (Å²) in [5.74, 6) is 0.910. The van der Waals surface area contributed by atoms with Crippen molar-refractivity contribution in [1.82, 2.24) is 0 Å². The van der Waals surface area contributed by atoms with Gasteiger partial charge in [0.25, 0.3) is 0 Å². The van der Waals surface area contributed by atoms with E-state index >= 15 is 0 Å². The molecule has 0 bridgehead atoms. The summed E-state index contributed by atoms with van der Waals surface area (Å²) < 4.78 is 0. The molecule has 22 heavy (non-hydrogen) atoms. The molecule has 4 N–H and O–H groups in total. The maximum absolute atomic E-state index is 6.59. The number of fused-ring (bicyclic) bond motifs is 2. The molecule has 0 heterocycles. The van der Waals surface area contributed by atoms with E-state index in [2.05, 4.69) is 48.5 Å². The van der Waals surface area contributed by atoms with Gasteiger partial charge in [-0.3, -0.25) is 0 Å². The monoisotopic (exact) mass is 292 g/mol. The van der Waals surface area contributed by atoms with Gasteiger partial charge in [-0.1, -0.05) is 54.1 Å². The second-order valence-corrected chi connectivity index (χ2v) is 6.85. The standard InChI is InChI=1S/C20H24N2/c21-18-12-14-7-2-4-10-16(14)19(20(18)22)17-11-5-8-13-6-1-3-9-15(13)17/h1,3,5-6,8-11,14,18-20H,2,4,7,12,21-22H2. The number of benzene rings is 2. The zero-order valence-electron chi connectivity index (χ0n) is 12.9. The molecule has 4 atom stereocenters. The van der Waals surface area contributed by atoms with Gasteiger partial charge in [-0.15, -0.1) is 0 Å². The fraction of sp³-hybridized carbons (Fsp3) is 0.400. The lowest BCUT2D eigenvalue weighted by Gasteiger charge is -2.43. The van der Waals surface area contributed by atoms with Crippen molar-refractivity contribution >= 4 is 10.8 Å². The summed E-state index contributed by atoms with van der Waals surface area (Å²) in [6.07, 6.45) is 7.25. The molecule has 2 heteroatoms. The molecule has 2 aromatic carbocycles. The zero-order chi connectivity index (χ0) is 15.1. The Balaban J connectivity index is 1.88. The first kappa shape index (κ1) is 14.0. The molecule has 1 fully saturated rings. The maximum Gasteiger partial charge on any atom is 0.0300 e. The molecule has 2 nitrogen and oxygen atoms in total. The molecule has 0 amide bonds. The first-order chi connectivity index (χ1) is 10.8. The van der Waals surface area contributed by atoms with Crippen LogP contribution < -0.4 is 11.5 Å². The maximum atomic E-state index is 6.59. The van der Waals surface area contributed by atoms with Gasteiger partial charge in [0.05, 0.1) is 0 Å². The van der Waals surface area contributed by atoms with Crippen LogP contribution in [-0.2, 0) is 0 Å². The molecule has 0 spiro atoms. The molecule has 4 unspecified atom stereocenters. The van der Waals surface area contributed by atoms with E-state index in [1.807, 2.05) is 0 Å². The summed E-state index contributed by atoms with van der Waals surface area (Å²) in [4.78, 5) is 0. The van der Waals surface area contributed by atoms with E-state index in [0.29, 0.717) is 5.92 Å². The first-order valence-corrected chi connectivity index (χ1v) is 8.44. The van der Waals surface area contributed by atoms with Crippen molar-refractivity contribution < 1.29 is 0 Å². The van der Waals surface area contributed by atoms with Crippen LogP contribution in [0.3, 0.4) is 0 Å². The number of hydrogen-bond donors (Lipinski definition) is 2. The van der Waals surface area contributed by atoms with E-state index in [9.17, 15) is 0 Å². The van der Waals surface area contributed by atoms with Crippen molar-refractivity contribution in [2.24, 2.45) is 17.4 Å². The van der Waals surface area contributed by atoms with Gasteiger partial charge in [0.1, 0.15) is 0 Å². The van der Waals surface area contributed by atoms with Crippen LogP contribution in [0.1, 0.15) is 37.2 Å². The average molecular weight is 292 g/mol.